The van der Waals surface area contributed by atoms with Crippen LogP contribution in [-0.2, 0) is 9.53 Å². The van der Waals surface area contributed by atoms with Crippen molar-refractivity contribution in [1.29, 1.82) is 0 Å². The van der Waals surface area contributed by atoms with E-state index in [2.05, 4.69) is 20.3 Å². The molecule has 10 heteroatoms. The van der Waals surface area contributed by atoms with Crippen LogP contribution in [-0.4, -0.2) is 60.5 Å². The van der Waals surface area contributed by atoms with E-state index in [9.17, 15) is 15.0 Å². The lowest BCUT2D eigenvalue weighted by molar-refractivity contribution is -0.137. The number of nitrogens with zero attached hydrogens (tertiary/aromatic N) is 4. The Morgan fingerprint density at radius 3 is 2.91 bits per heavy atom. The van der Waals surface area contributed by atoms with Gasteiger partial charge in [-0.15, -0.1) is 0 Å². The van der Waals surface area contributed by atoms with Crippen molar-refractivity contribution in [3.8, 4) is 0 Å². The fourth-order valence-corrected chi connectivity index (χ4v) is 2.44. The van der Waals surface area contributed by atoms with Gasteiger partial charge >= 0.3 is 0 Å². The van der Waals surface area contributed by atoms with Gasteiger partial charge in [-0.05, 0) is 6.92 Å². The minimum atomic E-state index is -1.35. The van der Waals surface area contributed by atoms with E-state index in [1.54, 1.807) is 6.92 Å². The summed E-state index contributed by atoms with van der Waals surface area (Å²) in [5, 5.41) is 22.7. The van der Waals surface area contributed by atoms with Crippen molar-refractivity contribution in [1.82, 2.24) is 24.8 Å². The molecule has 1 fully saturated rings. The lowest BCUT2D eigenvalue weighted by Gasteiger charge is -2.16. The molecule has 4 atom stereocenters. The molecule has 1 aliphatic rings. The molecule has 3 rings (SSSR count). The fraction of sp³-hybridized carbons (Fsp3) is 0.500. The van der Waals surface area contributed by atoms with Crippen LogP contribution in [0, 0.1) is 0 Å². The molecule has 0 saturated carbocycles. The zero-order valence-corrected chi connectivity index (χ0v) is 11.7. The largest absolute Gasteiger partial charge is 0.387 e. The van der Waals surface area contributed by atoms with Gasteiger partial charge in [-0.2, -0.15) is 0 Å². The number of aliphatic hydroxyl groups is 2. The summed E-state index contributed by atoms with van der Waals surface area (Å²) in [5.74, 6) is -0.299. The number of anilines is 1. The highest BCUT2D eigenvalue weighted by molar-refractivity contribution is 5.82. The van der Waals surface area contributed by atoms with Gasteiger partial charge in [0.25, 0.3) is 5.91 Å². The highest BCUT2D eigenvalue weighted by Crippen LogP contribution is 2.31. The molecule has 2 aromatic rings. The Labute approximate surface area is 124 Å². The Hall–Kier alpha value is -2.30. The maximum atomic E-state index is 11.9. The summed E-state index contributed by atoms with van der Waals surface area (Å²) in [6, 6.07) is 0. The van der Waals surface area contributed by atoms with E-state index in [1.165, 1.54) is 17.2 Å². The fourth-order valence-electron chi connectivity index (χ4n) is 2.44. The SMILES string of the molecule is CCNC(=O)[C@H]1OC(n2cnc3c(N)ncnc32)[C@H](O)[C@H]1O. The lowest BCUT2D eigenvalue weighted by Crippen LogP contribution is -2.42. The monoisotopic (exact) mass is 308 g/mol. The molecule has 0 bridgehead atoms. The first-order chi connectivity index (χ1) is 10.5. The van der Waals surface area contributed by atoms with Crippen molar-refractivity contribution in [3.05, 3.63) is 12.7 Å². The van der Waals surface area contributed by atoms with Crippen molar-refractivity contribution in [2.45, 2.75) is 31.5 Å². The lowest BCUT2D eigenvalue weighted by atomic mass is 10.1. The van der Waals surface area contributed by atoms with Gasteiger partial charge in [0.1, 0.15) is 24.1 Å². The first kappa shape index (κ1) is 14.6. The highest BCUT2D eigenvalue weighted by atomic mass is 16.6. The smallest absolute Gasteiger partial charge is 0.252 e. The molecule has 0 aliphatic carbocycles. The third-order valence-electron chi connectivity index (χ3n) is 3.51. The zero-order chi connectivity index (χ0) is 15.9. The average molecular weight is 308 g/mol. The number of nitrogen functional groups attached to an aromatic ring is 1. The number of hydrogen-bond donors (Lipinski definition) is 4. The number of amides is 1. The molecular formula is C12H16N6O4. The molecule has 1 amide bonds. The number of ether oxygens (including phenoxy) is 1. The van der Waals surface area contributed by atoms with Gasteiger partial charge in [-0.1, -0.05) is 0 Å². The van der Waals surface area contributed by atoms with Crippen molar-refractivity contribution in [2.75, 3.05) is 12.3 Å². The molecule has 10 nitrogen and oxygen atoms in total. The highest BCUT2D eigenvalue weighted by Gasteiger charge is 2.47. The molecule has 118 valence electrons. The number of nitrogens with two attached hydrogens (primary N) is 1. The Kier molecular flexibility index (Phi) is 3.64. The number of nitrogens with one attached hydrogen (secondary N) is 1. The third-order valence-corrected chi connectivity index (χ3v) is 3.51. The molecule has 0 aromatic carbocycles. The van der Waals surface area contributed by atoms with Gasteiger partial charge in [-0.25, -0.2) is 15.0 Å². The summed E-state index contributed by atoms with van der Waals surface area (Å²) in [6.07, 6.45) is -2.20. The number of carbonyl (C=O) groups excluding carboxylic acids is 1. The first-order valence-electron chi connectivity index (χ1n) is 6.77. The number of imidazole rings is 1. The number of likely N-dealkylation sites (N-methyl/N-ethyl adjacent to an activating group) is 1. The summed E-state index contributed by atoms with van der Waals surface area (Å²) < 4.78 is 6.92. The predicted octanol–water partition coefficient (Wildman–Crippen LogP) is -1.84. The molecule has 0 spiro atoms. The second kappa shape index (κ2) is 5.48. The van der Waals surface area contributed by atoms with Gasteiger partial charge in [0.15, 0.2) is 23.8 Å². The molecule has 1 saturated heterocycles. The van der Waals surface area contributed by atoms with E-state index < -0.39 is 30.4 Å². The molecule has 2 aromatic heterocycles. The summed E-state index contributed by atoms with van der Waals surface area (Å²) >= 11 is 0. The standard InChI is InChI=1S/C12H16N6O4/c1-2-14-11(21)8-6(19)7(20)12(22-8)18-4-17-5-9(13)15-3-16-10(5)18/h3-4,6-8,12,19-20H,2H2,1H3,(H,14,21)(H2,13,15,16)/t6-,7-,8+,12?/m1/s1. The van der Waals surface area contributed by atoms with Crippen LogP contribution in [0.2, 0.25) is 0 Å². The van der Waals surface area contributed by atoms with E-state index in [4.69, 9.17) is 10.5 Å². The average Bonchev–Trinajstić information content (AvgIpc) is 3.03. The van der Waals surface area contributed by atoms with Crippen molar-refractivity contribution in [2.24, 2.45) is 0 Å². The second-order valence-electron chi connectivity index (χ2n) is 4.91. The van der Waals surface area contributed by atoms with Crippen LogP contribution in [0.15, 0.2) is 12.7 Å². The van der Waals surface area contributed by atoms with E-state index in [-0.39, 0.29) is 5.82 Å². The van der Waals surface area contributed by atoms with Crippen molar-refractivity contribution < 1.29 is 19.7 Å². The minimum absolute atomic E-state index is 0.192. The second-order valence-corrected chi connectivity index (χ2v) is 4.91. The summed E-state index contributed by atoms with van der Waals surface area (Å²) in [5.41, 5.74) is 6.40. The van der Waals surface area contributed by atoms with Crippen molar-refractivity contribution in [3.63, 3.8) is 0 Å². The van der Waals surface area contributed by atoms with E-state index in [0.29, 0.717) is 17.7 Å². The van der Waals surface area contributed by atoms with Crippen LogP contribution < -0.4 is 11.1 Å². The van der Waals surface area contributed by atoms with Crippen LogP contribution in [0.1, 0.15) is 13.2 Å². The maximum Gasteiger partial charge on any atom is 0.252 e. The molecule has 22 heavy (non-hydrogen) atoms. The van der Waals surface area contributed by atoms with Crippen LogP contribution in [0.3, 0.4) is 0 Å². The Balaban J connectivity index is 1.94. The zero-order valence-electron chi connectivity index (χ0n) is 11.7. The van der Waals surface area contributed by atoms with Crippen LogP contribution in [0.25, 0.3) is 11.2 Å². The quantitative estimate of drug-likeness (QED) is 0.517. The molecule has 5 N–H and O–H groups in total. The summed E-state index contributed by atoms with van der Waals surface area (Å²) in [7, 11) is 0. The minimum Gasteiger partial charge on any atom is -0.387 e. The molecule has 0 radical (unpaired) electrons. The predicted molar refractivity (Wildman–Crippen MR) is 74.3 cm³/mol. The summed E-state index contributed by atoms with van der Waals surface area (Å²) in [4.78, 5) is 23.8. The Morgan fingerprint density at radius 2 is 2.18 bits per heavy atom. The molecule has 1 aliphatic heterocycles. The molecule has 1 unspecified atom stereocenters. The maximum absolute atomic E-state index is 11.9. The topological polar surface area (TPSA) is 148 Å². The van der Waals surface area contributed by atoms with Crippen LogP contribution in [0.4, 0.5) is 5.82 Å². The van der Waals surface area contributed by atoms with Crippen LogP contribution in [0.5, 0.6) is 0 Å². The number of rotatable bonds is 3. The van der Waals surface area contributed by atoms with Gasteiger partial charge < -0.3 is 26.0 Å². The number of aromatic nitrogens is 4. The number of hydrogen-bond acceptors (Lipinski definition) is 8. The van der Waals surface area contributed by atoms with E-state index >= 15 is 0 Å². The first-order valence-corrected chi connectivity index (χ1v) is 6.77. The van der Waals surface area contributed by atoms with Crippen molar-refractivity contribution >= 4 is 22.9 Å². The summed E-state index contributed by atoms with van der Waals surface area (Å²) in [6.45, 7) is 2.14. The van der Waals surface area contributed by atoms with Gasteiger partial charge in [-0.3, -0.25) is 9.36 Å². The van der Waals surface area contributed by atoms with Crippen LogP contribution >= 0.6 is 0 Å². The normalized spacial score (nSPS) is 28.1. The third kappa shape index (κ3) is 2.17. The van der Waals surface area contributed by atoms with E-state index in [0.717, 1.165) is 0 Å². The van der Waals surface area contributed by atoms with E-state index in [1.807, 2.05) is 0 Å². The van der Waals surface area contributed by atoms with Gasteiger partial charge in [0.2, 0.25) is 0 Å². The Bertz CT molecular complexity index is 704. The number of aliphatic hydroxyl groups excluding tert-OH is 2. The number of carbonyl (C=O) groups is 1. The molecular weight excluding hydrogens is 292 g/mol. The van der Waals surface area contributed by atoms with Gasteiger partial charge in [0, 0.05) is 6.54 Å². The number of fused-ring (bicyclic) bond motifs is 1. The van der Waals surface area contributed by atoms with Gasteiger partial charge in [0.05, 0.1) is 6.33 Å². The Morgan fingerprint density at radius 1 is 1.41 bits per heavy atom. The molecule has 3 heterocycles.